The molecule has 168 valence electrons. The third kappa shape index (κ3) is 5.98. The Hall–Kier alpha value is -3.65. The molecule has 8 heteroatoms. The fourth-order valence-corrected chi connectivity index (χ4v) is 4.01. The number of thioether (sulfide) groups is 1. The molecule has 1 saturated heterocycles. The van der Waals surface area contributed by atoms with Gasteiger partial charge in [-0.3, -0.25) is 9.78 Å². The van der Waals surface area contributed by atoms with E-state index in [4.69, 9.17) is 4.74 Å². The van der Waals surface area contributed by atoms with Crippen LogP contribution in [-0.2, 0) is 16.1 Å². The van der Waals surface area contributed by atoms with Crippen LogP contribution in [0.3, 0.4) is 0 Å². The molecular formula is C25H24N4O3S. The molecule has 0 spiro atoms. The number of ether oxygens (including phenoxy) is 1. The summed E-state index contributed by atoms with van der Waals surface area (Å²) >= 11 is 1.28. The van der Waals surface area contributed by atoms with Crippen molar-refractivity contribution in [2.45, 2.75) is 32.9 Å². The van der Waals surface area contributed by atoms with Gasteiger partial charge in [-0.05, 0) is 74.0 Å². The molecule has 4 rings (SSSR count). The van der Waals surface area contributed by atoms with Crippen LogP contribution in [0.25, 0.3) is 17.0 Å². The molecular weight excluding hydrogens is 436 g/mol. The van der Waals surface area contributed by atoms with Gasteiger partial charge in [0.25, 0.3) is 5.91 Å². The van der Waals surface area contributed by atoms with E-state index in [0.717, 1.165) is 22.0 Å². The molecule has 3 aromatic rings. The summed E-state index contributed by atoms with van der Waals surface area (Å²) in [4.78, 5) is 34.0. The van der Waals surface area contributed by atoms with Crippen molar-refractivity contribution in [2.24, 2.45) is 4.99 Å². The minimum Gasteiger partial charge on any atom is -0.444 e. The van der Waals surface area contributed by atoms with Crippen molar-refractivity contribution in [3.8, 4) is 0 Å². The molecule has 1 fully saturated rings. The highest BCUT2D eigenvalue weighted by atomic mass is 32.2. The number of aromatic nitrogens is 1. The predicted molar refractivity (Wildman–Crippen MR) is 132 cm³/mol. The molecule has 1 aromatic heterocycles. The number of hydrogen-bond donors (Lipinski definition) is 2. The largest absolute Gasteiger partial charge is 0.444 e. The van der Waals surface area contributed by atoms with Crippen LogP contribution in [0.5, 0.6) is 0 Å². The van der Waals surface area contributed by atoms with Gasteiger partial charge in [0.05, 0.1) is 16.1 Å². The number of para-hydroxylation sites is 1. The molecule has 0 atom stereocenters. The number of rotatable bonds is 4. The fourth-order valence-electron chi connectivity index (χ4n) is 3.18. The van der Waals surface area contributed by atoms with Crippen LogP contribution in [0.2, 0.25) is 0 Å². The lowest BCUT2D eigenvalue weighted by molar-refractivity contribution is -0.115. The number of benzene rings is 2. The van der Waals surface area contributed by atoms with E-state index in [2.05, 4.69) is 20.6 Å². The molecule has 1 aliphatic heterocycles. The van der Waals surface area contributed by atoms with E-state index in [0.29, 0.717) is 15.8 Å². The van der Waals surface area contributed by atoms with E-state index in [-0.39, 0.29) is 12.5 Å². The molecule has 2 N–H and O–H groups in total. The Balaban J connectivity index is 1.49. The van der Waals surface area contributed by atoms with Gasteiger partial charge in [-0.15, -0.1) is 0 Å². The van der Waals surface area contributed by atoms with Gasteiger partial charge in [0.1, 0.15) is 5.60 Å². The summed E-state index contributed by atoms with van der Waals surface area (Å²) in [5.41, 5.74) is 2.72. The molecule has 0 bridgehead atoms. The number of fused-ring (bicyclic) bond motifs is 1. The lowest BCUT2D eigenvalue weighted by Gasteiger charge is -2.19. The van der Waals surface area contributed by atoms with E-state index < -0.39 is 11.7 Å². The van der Waals surface area contributed by atoms with E-state index >= 15 is 0 Å². The minimum atomic E-state index is -0.571. The van der Waals surface area contributed by atoms with Crippen molar-refractivity contribution in [3.05, 3.63) is 76.8 Å². The second-order valence-electron chi connectivity index (χ2n) is 8.42. The molecule has 0 radical (unpaired) electrons. The highest BCUT2D eigenvalue weighted by Gasteiger charge is 2.24. The zero-order valence-electron chi connectivity index (χ0n) is 18.6. The molecule has 1 aliphatic rings. The number of aliphatic imine (C=N–C) groups is 1. The van der Waals surface area contributed by atoms with Crippen molar-refractivity contribution < 1.29 is 14.3 Å². The number of carbonyl (C=O) groups is 2. The molecule has 2 aromatic carbocycles. The first kappa shape index (κ1) is 22.5. The lowest BCUT2D eigenvalue weighted by atomic mass is 10.1. The quantitative estimate of drug-likeness (QED) is 0.525. The molecule has 33 heavy (non-hydrogen) atoms. The number of pyridine rings is 1. The number of amidine groups is 1. The topological polar surface area (TPSA) is 92.7 Å². The van der Waals surface area contributed by atoms with Crippen LogP contribution in [0, 0.1) is 0 Å². The Morgan fingerprint density at radius 2 is 2.00 bits per heavy atom. The highest BCUT2D eigenvalue weighted by Crippen LogP contribution is 2.29. The molecule has 2 heterocycles. The monoisotopic (exact) mass is 460 g/mol. The minimum absolute atomic E-state index is 0.200. The van der Waals surface area contributed by atoms with Crippen LogP contribution in [0.1, 0.15) is 31.9 Å². The maximum Gasteiger partial charge on any atom is 0.407 e. The van der Waals surface area contributed by atoms with Crippen LogP contribution in [-0.4, -0.2) is 27.8 Å². The van der Waals surface area contributed by atoms with Gasteiger partial charge in [-0.2, -0.15) is 0 Å². The standard InChI is InChI=1S/C25H24N4O3S/c1-25(2,3)32-24(31)27-15-18-7-4-5-9-20(18)28-23-29-22(30)21(33-23)14-16-10-11-19-17(13-16)8-6-12-26-19/h4-14H,15H2,1-3H3,(H,27,31)(H,28,29,30). The van der Waals surface area contributed by atoms with E-state index in [1.165, 1.54) is 11.8 Å². The SMILES string of the molecule is CC(C)(C)OC(=O)NCc1ccccc1N=C1NC(=O)C(=Cc2ccc3ncccc3c2)S1. The number of amides is 2. The molecule has 0 unspecified atom stereocenters. The second-order valence-corrected chi connectivity index (χ2v) is 9.45. The third-order valence-electron chi connectivity index (χ3n) is 4.61. The van der Waals surface area contributed by atoms with Gasteiger partial charge in [-0.1, -0.05) is 30.3 Å². The van der Waals surface area contributed by atoms with Crippen LogP contribution < -0.4 is 10.6 Å². The van der Waals surface area contributed by atoms with Gasteiger partial charge >= 0.3 is 6.09 Å². The highest BCUT2D eigenvalue weighted by molar-refractivity contribution is 8.18. The number of carbonyl (C=O) groups excluding carboxylic acids is 2. The van der Waals surface area contributed by atoms with Crippen molar-refractivity contribution in [1.82, 2.24) is 15.6 Å². The lowest BCUT2D eigenvalue weighted by Crippen LogP contribution is -2.32. The zero-order valence-corrected chi connectivity index (χ0v) is 19.4. The van der Waals surface area contributed by atoms with Gasteiger partial charge in [0.15, 0.2) is 5.17 Å². The van der Waals surface area contributed by atoms with Gasteiger partial charge in [-0.25, -0.2) is 9.79 Å². The maximum atomic E-state index is 12.5. The summed E-state index contributed by atoms with van der Waals surface area (Å²) in [5.74, 6) is -0.200. The van der Waals surface area contributed by atoms with Crippen molar-refractivity contribution in [1.29, 1.82) is 0 Å². The summed E-state index contributed by atoms with van der Waals surface area (Å²) in [5, 5.41) is 7.05. The molecule has 0 aliphatic carbocycles. The zero-order chi connectivity index (χ0) is 23.4. The first-order chi connectivity index (χ1) is 15.8. The molecule has 7 nitrogen and oxygen atoms in total. The summed E-state index contributed by atoms with van der Waals surface area (Å²) in [6, 6.07) is 17.2. The summed E-state index contributed by atoms with van der Waals surface area (Å²) in [7, 11) is 0. The van der Waals surface area contributed by atoms with E-state index in [1.807, 2.05) is 81.4 Å². The Morgan fingerprint density at radius 1 is 1.18 bits per heavy atom. The van der Waals surface area contributed by atoms with Gasteiger partial charge in [0, 0.05) is 18.1 Å². The number of nitrogens with zero attached hydrogens (tertiary/aromatic N) is 2. The van der Waals surface area contributed by atoms with E-state index in [9.17, 15) is 9.59 Å². The van der Waals surface area contributed by atoms with Crippen molar-refractivity contribution in [2.75, 3.05) is 0 Å². The van der Waals surface area contributed by atoms with Crippen molar-refractivity contribution >= 4 is 51.6 Å². The van der Waals surface area contributed by atoms with E-state index in [1.54, 1.807) is 6.20 Å². The number of hydrogen-bond acceptors (Lipinski definition) is 6. The average Bonchev–Trinajstić information content (AvgIpc) is 3.10. The summed E-state index contributed by atoms with van der Waals surface area (Å²) < 4.78 is 5.29. The predicted octanol–water partition coefficient (Wildman–Crippen LogP) is 5.15. The molecule has 2 amide bonds. The van der Waals surface area contributed by atoms with Crippen LogP contribution in [0.4, 0.5) is 10.5 Å². The molecule has 0 saturated carbocycles. The number of nitrogens with one attached hydrogen (secondary N) is 2. The average molecular weight is 461 g/mol. The first-order valence-corrected chi connectivity index (χ1v) is 11.3. The third-order valence-corrected chi connectivity index (χ3v) is 5.52. The second kappa shape index (κ2) is 9.46. The Morgan fingerprint density at radius 3 is 2.82 bits per heavy atom. The Kier molecular flexibility index (Phi) is 6.46. The van der Waals surface area contributed by atoms with Crippen LogP contribution in [0.15, 0.2) is 70.7 Å². The van der Waals surface area contributed by atoms with Crippen molar-refractivity contribution in [3.63, 3.8) is 0 Å². The summed E-state index contributed by atoms with van der Waals surface area (Å²) in [6.45, 7) is 5.69. The van der Waals surface area contributed by atoms with Gasteiger partial charge < -0.3 is 15.4 Å². The van der Waals surface area contributed by atoms with Crippen LogP contribution >= 0.6 is 11.8 Å². The maximum absolute atomic E-state index is 12.5. The van der Waals surface area contributed by atoms with Gasteiger partial charge in [0.2, 0.25) is 0 Å². The fraction of sp³-hybridized carbons (Fsp3) is 0.200. The normalized spacial score (nSPS) is 16.3. The smallest absolute Gasteiger partial charge is 0.407 e. The first-order valence-electron chi connectivity index (χ1n) is 10.5. The Labute approximate surface area is 196 Å². The summed E-state index contributed by atoms with van der Waals surface area (Å²) in [6.07, 6.45) is 3.10. The number of alkyl carbamates (subject to hydrolysis) is 1. The Bertz CT molecular complexity index is 1280.